The number of likely N-dealkylation sites (N-methyl/N-ethyl adjacent to an activating group) is 1. The van der Waals surface area contributed by atoms with Crippen molar-refractivity contribution in [2.45, 2.75) is 25.4 Å². The van der Waals surface area contributed by atoms with Gasteiger partial charge in [-0.1, -0.05) is 0 Å². The molecule has 1 saturated carbocycles. The summed E-state index contributed by atoms with van der Waals surface area (Å²) in [6, 6.07) is 0. The number of nitrogens with zero attached hydrogens (tertiary/aromatic N) is 3. The van der Waals surface area contributed by atoms with E-state index in [0.717, 1.165) is 32.7 Å². The van der Waals surface area contributed by atoms with Crippen molar-refractivity contribution >= 4 is 11.8 Å². The molecule has 0 radical (unpaired) electrons. The number of morpholine rings is 1. The summed E-state index contributed by atoms with van der Waals surface area (Å²) < 4.78 is 5.56. The Balaban J connectivity index is 1.51. The zero-order valence-corrected chi connectivity index (χ0v) is 12.8. The van der Waals surface area contributed by atoms with Crippen LogP contribution in [-0.2, 0) is 14.3 Å². The van der Waals surface area contributed by atoms with Crippen LogP contribution in [0, 0.1) is 5.92 Å². The molecular weight excluding hydrogens is 270 g/mol. The Kier molecular flexibility index (Phi) is 4.45. The van der Waals surface area contributed by atoms with Gasteiger partial charge in [-0.25, -0.2) is 0 Å². The third-order valence-corrected chi connectivity index (χ3v) is 4.66. The molecule has 3 aliphatic rings. The SMILES string of the molecule is CN1CCN(C(=O)C[C@H]2OCCN(CC3CC3)C2=O)CC1. The average molecular weight is 295 g/mol. The van der Waals surface area contributed by atoms with Gasteiger partial charge in [-0.15, -0.1) is 0 Å². The van der Waals surface area contributed by atoms with Crippen LogP contribution in [0.4, 0.5) is 0 Å². The first-order valence-corrected chi connectivity index (χ1v) is 8.00. The van der Waals surface area contributed by atoms with Gasteiger partial charge in [0.15, 0.2) is 0 Å². The van der Waals surface area contributed by atoms with E-state index in [-0.39, 0.29) is 18.2 Å². The summed E-state index contributed by atoms with van der Waals surface area (Å²) in [5.41, 5.74) is 0. The molecule has 3 rings (SSSR count). The van der Waals surface area contributed by atoms with Crippen molar-refractivity contribution < 1.29 is 14.3 Å². The summed E-state index contributed by atoms with van der Waals surface area (Å²) in [7, 11) is 2.06. The summed E-state index contributed by atoms with van der Waals surface area (Å²) in [5.74, 6) is 0.742. The van der Waals surface area contributed by atoms with Crippen molar-refractivity contribution in [1.29, 1.82) is 0 Å². The molecule has 0 aromatic rings. The van der Waals surface area contributed by atoms with Gasteiger partial charge in [-0.05, 0) is 25.8 Å². The topological polar surface area (TPSA) is 53.1 Å². The van der Waals surface area contributed by atoms with Crippen LogP contribution in [0.25, 0.3) is 0 Å². The van der Waals surface area contributed by atoms with Gasteiger partial charge in [-0.2, -0.15) is 0 Å². The fraction of sp³-hybridized carbons (Fsp3) is 0.867. The highest BCUT2D eigenvalue weighted by Gasteiger charge is 2.35. The van der Waals surface area contributed by atoms with Gasteiger partial charge in [0.2, 0.25) is 5.91 Å². The Morgan fingerprint density at radius 1 is 1.19 bits per heavy atom. The van der Waals surface area contributed by atoms with E-state index >= 15 is 0 Å². The van der Waals surface area contributed by atoms with E-state index in [2.05, 4.69) is 11.9 Å². The van der Waals surface area contributed by atoms with Gasteiger partial charge >= 0.3 is 0 Å². The van der Waals surface area contributed by atoms with Gasteiger partial charge in [0.1, 0.15) is 6.10 Å². The van der Waals surface area contributed by atoms with E-state index in [0.29, 0.717) is 19.1 Å². The van der Waals surface area contributed by atoms with E-state index in [1.165, 1.54) is 12.8 Å². The van der Waals surface area contributed by atoms with Crippen LogP contribution in [0.1, 0.15) is 19.3 Å². The zero-order valence-electron chi connectivity index (χ0n) is 12.8. The molecule has 0 N–H and O–H groups in total. The number of piperazine rings is 1. The molecular formula is C15H25N3O3. The fourth-order valence-electron chi connectivity index (χ4n) is 2.97. The quantitative estimate of drug-likeness (QED) is 0.720. The van der Waals surface area contributed by atoms with Crippen LogP contribution in [0.15, 0.2) is 0 Å². The molecule has 2 amide bonds. The Hall–Kier alpha value is -1.14. The van der Waals surface area contributed by atoms with Crippen LogP contribution in [0.2, 0.25) is 0 Å². The number of hydrogen-bond acceptors (Lipinski definition) is 4. The first kappa shape index (κ1) is 14.8. The molecule has 1 atom stereocenters. The van der Waals surface area contributed by atoms with Crippen LogP contribution < -0.4 is 0 Å². The molecule has 0 aromatic carbocycles. The summed E-state index contributed by atoms with van der Waals surface area (Å²) >= 11 is 0. The van der Waals surface area contributed by atoms with E-state index in [4.69, 9.17) is 4.74 Å². The standard InChI is InChI=1S/C15H25N3O3/c1-16-4-6-17(7-5-16)14(19)10-13-15(20)18(8-9-21-13)11-12-2-3-12/h12-13H,2-11H2,1H3/t13-/m1/s1. The number of carbonyl (C=O) groups is 2. The van der Waals surface area contributed by atoms with Gasteiger partial charge in [0.05, 0.1) is 13.0 Å². The summed E-state index contributed by atoms with van der Waals surface area (Å²) in [6.45, 7) is 5.39. The Morgan fingerprint density at radius 2 is 1.90 bits per heavy atom. The lowest BCUT2D eigenvalue weighted by atomic mass is 10.1. The maximum absolute atomic E-state index is 12.4. The lowest BCUT2D eigenvalue weighted by Crippen LogP contribution is -2.52. The number of rotatable bonds is 4. The molecule has 2 heterocycles. The highest BCUT2D eigenvalue weighted by molar-refractivity contribution is 5.88. The molecule has 118 valence electrons. The third-order valence-electron chi connectivity index (χ3n) is 4.66. The number of carbonyl (C=O) groups excluding carboxylic acids is 2. The van der Waals surface area contributed by atoms with Gasteiger partial charge < -0.3 is 19.4 Å². The van der Waals surface area contributed by atoms with Gasteiger partial charge in [0.25, 0.3) is 5.91 Å². The maximum atomic E-state index is 12.4. The number of ether oxygens (including phenoxy) is 1. The summed E-state index contributed by atoms with van der Waals surface area (Å²) in [6.07, 6.45) is 2.10. The van der Waals surface area contributed by atoms with Gasteiger partial charge in [0, 0.05) is 39.3 Å². The van der Waals surface area contributed by atoms with Crippen molar-refractivity contribution in [3.63, 3.8) is 0 Å². The zero-order chi connectivity index (χ0) is 14.8. The largest absolute Gasteiger partial charge is 0.366 e. The molecule has 1 aliphatic carbocycles. The molecule has 0 aromatic heterocycles. The molecule has 21 heavy (non-hydrogen) atoms. The second kappa shape index (κ2) is 6.32. The van der Waals surface area contributed by atoms with E-state index < -0.39 is 6.10 Å². The molecule has 2 aliphatic heterocycles. The fourth-order valence-corrected chi connectivity index (χ4v) is 2.97. The highest BCUT2D eigenvalue weighted by Crippen LogP contribution is 2.30. The summed E-state index contributed by atoms with van der Waals surface area (Å²) in [5, 5.41) is 0. The molecule has 3 fully saturated rings. The van der Waals surface area contributed by atoms with E-state index in [1.807, 2.05) is 9.80 Å². The average Bonchev–Trinajstić information content (AvgIpc) is 3.28. The van der Waals surface area contributed by atoms with Crippen molar-refractivity contribution in [3.8, 4) is 0 Å². The Morgan fingerprint density at radius 3 is 2.57 bits per heavy atom. The minimum Gasteiger partial charge on any atom is -0.366 e. The second-order valence-corrected chi connectivity index (χ2v) is 6.48. The molecule has 0 bridgehead atoms. The Bertz CT molecular complexity index is 403. The van der Waals surface area contributed by atoms with Crippen molar-refractivity contribution in [2.75, 3.05) is 52.9 Å². The molecule has 0 spiro atoms. The second-order valence-electron chi connectivity index (χ2n) is 6.48. The normalized spacial score (nSPS) is 28.0. The minimum absolute atomic E-state index is 0.00984. The predicted octanol–water partition coefficient (Wildman–Crippen LogP) is -0.212. The lowest BCUT2D eigenvalue weighted by Gasteiger charge is -2.35. The van der Waals surface area contributed by atoms with Crippen LogP contribution >= 0.6 is 0 Å². The van der Waals surface area contributed by atoms with Crippen molar-refractivity contribution in [3.05, 3.63) is 0 Å². The van der Waals surface area contributed by atoms with E-state index in [1.54, 1.807) is 0 Å². The van der Waals surface area contributed by atoms with Crippen LogP contribution in [0.5, 0.6) is 0 Å². The number of hydrogen-bond donors (Lipinski definition) is 0. The first-order valence-electron chi connectivity index (χ1n) is 8.00. The summed E-state index contributed by atoms with van der Waals surface area (Å²) in [4.78, 5) is 30.7. The molecule has 6 nitrogen and oxygen atoms in total. The van der Waals surface area contributed by atoms with Crippen LogP contribution in [-0.4, -0.2) is 85.5 Å². The van der Waals surface area contributed by atoms with Gasteiger partial charge in [-0.3, -0.25) is 9.59 Å². The predicted molar refractivity (Wildman–Crippen MR) is 77.7 cm³/mol. The van der Waals surface area contributed by atoms with E-state index in [9.17, 15) is 9.59 Å². The molecule has 0 unspecified atom stereocenters. The molecule has 2 saturated heterocycles. The van der Waals surface area contributed by atoms with Crippen LogP contribution in [0.3, 0.4) is 0 Å². The maximum Gasteiger partial charge on any atom is 0.252 e. The Labute approximate surface area is 126 Å². The number of amides is 2. The minimum atomic E-state index is -0.565. The monoisotopic (exact) mass is 295 g/mol. The third kappa shape index (κ3) is 3.74. The molecule has 6 heteroatoms. The highest BCUT2D eigenvalue weighted by atomic mass is 16.5. The smallest absolute Gasteiger partial charge is 0.252 e. The first-order chi connectivity index (χ1) is 10.1. The lowest BCUT2D eigenvalue weighted by molar-refractivity contribution is -0.158. The van der Waals surface area contributed by atoms with Crippen molar-refractivity contribution in [1.82, 2.24) is 14.7 Å². The van der Waals surface area contributed by atoms with Crippen molar-refractivity contribution in [2.24, 2.45) is 5.92 Å².